The summed E-state index contributed by atoms with van der Waals surface area (Å²) in [4.78, 5) is 11.7. The predicted molar refractivity (Wildman–Crippen MR) is 80.9 cm³/mol. The summed E-state index contributed by atoms with van der Waals surface area (Å²) in [6, 6.07) is 11.6. The van der Waals surface area contributed by atoms with E-state index in [9.17, 15) is 9.00 Å². The topological polar surface area (TPSA) is 86.2 Å². The minimum Gasteiger partial charge on any atom is -0.398 e. The van der Waals surface area contributed by atoms with Gasteiger partial charge >= 0.3 is 0 Å². The van der Waals surface area contributed by atoms with Crippen LogP contribution in [0.5, 0.6) is 0 Å². The van der Waals surface area contributed by atoms with Gasteiger partial charge < -0.3 is 11.5 Å². The van der Waals surface area contributed by atoms with E-state index in [1.807, 2.05) is 0 Å². The van der Waals surface area contributed by atoms with Gasteiger partial charge in [-0.3, -0.25) is 9.00 Å². The largest absolute Gasteiger partial charge is 0.398 e. The third kappa shape index (κ3) is 3.37. The highest BCUT2D eigenvalue weighted by Crippen LogP contribution is 2.20. The number of primary amides is 1. The van der Waals surface area contributed by atoms with Gasteiger partial charge in [0.2, 0.25) is 5.91 Å². The van der Waals surface area contributed by atoms with Crippen LogP contribution >= 0.6 is 11.6 Å². The zero-order valence-electron chi connectivity index (χ0n) is 10.5. The Hall–Kier alpha value is -1.85. The smallest absolute Gasteiger partial charge is 0.248 e. The van der Waals surface area contributed by atoms with Crippen LogP contribution in [-0.4, -0.2) is 10.1 Å². The number of halogens is 1. The van der Waals surface area contributed by atoms with Crippen molar-refractivity contribution in [1.82, 2.24) is 0 Å². The Kier molecular flexibility index (Phi) is 4.42. The Bertz CT molecular complexity index is 671. The first-order valence-corrected chi connectivity index (χ1v) is 7.49. The van der Waals surface area contributed by atoms with E-state index in [0.29, 0.717) is 26.7 Å². The number of nitrogens with two attached hydrogens (primary N) is 2. The van der Waals surface area contributed by atoms with Gasteiger partial charge in [0, 0.05) is 21.2 Å². The summed E-state index contributed by atoms with van der Waals surface area (Å²) >= 11 is 5.79. The molecule has 1 unspecified atom stereocenters. The van der Waals surface area contributed by atoms with E-state index >= 15 is 0 Å². The molecule has 0 saturated heterocycles. The molecule has 4 nitrogen and oxygen atoms in total. The molecule has 0 saturated carbocycles. The quantitative estimate of drug-likeness (QED) is 0.850. The van der Waals surface area contributed by atoms with Crippen molar-refractivity contribution in [2.45, 2.75) is 10.6 Å². The second-order valence-electron chi connectivity index (χ2n) is 4.22. The third-order valence-corrected chi connectivity index (χ3v) is 4.42. The number of rotatable bonds is 4. The van der Waals surface area contributed by atoms with Crippen LogP contribution in [0, 0.1) is 0 Å². The van der Waals surface area contributed by atoms with Gasteiger partial charge in [0.25, 0.3) is 0 Å². The van der Waals surface area contributed by atoms with E-state index in [4.69, 9.17) is 23.1 Å². The number of hydrogen-bond donors (Lipinski definition) is 2. The Morgan fingerprint density at radius 2 is 1.80 bits per heavy atom. The summed E-state index contributed by atoms with van der Waals surface area (Å²) in [5.41, 5.74) is 12.5. The number of carbonyl (C=O) groups excluding carboxylic acids is 1. The standard InChI is InChI=1S/C14H13ClN2O2S/c15-11-3-5-12(6-4-11)20(19)8-10-2-1-9(14(17)18)7-13(10)16/h1-7H,8,16H2,(H2,17,18). The highest BCUT2D eigenvalue weighted by Gasteiger charge is 2.10. The maximum Gasteiger partial charge on any atom is 0.248 e. The number of amides is 1. The van der Waals surface area contributed by atoms with Gasteiger partial charge in [0.1, 0.15) is 0 Å². The first kappa shape index (κ1) is 14.6. The highest BCUT2D eigenvalue weighted by atomic mass is 35.5. The van der Waals surface area contributed by atoms with E-state index in [1.165, 1.54) is 6.07 Å². The molecule has 0 heterocycles. The summed E-state index contributed by atoms with van der Waals surface area (Å²) in [6.45, 7) is 0. The van der Waals surface area contributed by atoms with Crippen molar-refractivity contribution in [3.05, 3.63) is 58.6 Å². The van der Waals surface area contributed by atoms with E-state index in [-0.39, 0.29) is 5.75 Å². The van der Waals surface area contributed by atoms with Gasteiger partial charge in [0.15, 0.2) is 0 Å². The monoisotopic (exact) mass is 308 g/mol. The molecule has 2 rings (SSSR count). The lowest BCUT2D eigenvalue weighted by Gasteiger charge is -2.07. The van der Waals surface area contributed by atoms with E-state index in [0.717, 1.165) is 0 Å². The lowest BCUT2D eigenvalue weighted by molar-refractivity contribution is 0.100. The van der Waals surface area contributed by atoms with Gasteiger partial charge in [-0.2, -0.15) is 0 Å². The van der Waals surface area contributed by atoms with Crippen molar-refractivity contribution >= 4 is 34.0 Å². The average Bonchev–Trinajstić information content (AvgIpc) is 2.41. The van der Waals surface area contributed by atoms with Crippen molar-refractivity contribution in [1.29, 1.82) is 0 Å². The zero-order chi connectivity index (χ0) is 14.7. The summed E-state index contributed by atoms with van der Waals surface area (Å²) < 4.78 is 12.2. The fourth-order valence-electron chi connectivity index (χ4n) is 1.69. The summed E-state index contributed by atoms with van der Waals surface area (Å²) in [5.74, 6) is -0.269. The second kappa shape index (κ2) is 6.07. The van der Waals surface area contributed by atoms with Crippen LogP contribution in [0.2, 0.25) is 5.02 Å². The molecule has 0 aliphatic carbocycles. The predicted octanol–water partition coefficient (Wildman–Crippen LogP) is 2.33. The van der Waals surface area contributed by atoms with Gasteiger partial charge in [-0.25, -0.2) is 0 Å². The maximum atomic E-state index is 12.2. The Morgan fingerprint density at radius 1 is 1.15 bits per heavy atom. The lowest BCUT2D eigenvalue weighted by atomic mass is 10.1. The molecule has 104 valence electrons. The molecular formula is C14H13ClN2O2S. The normalized spacial score (nSPS) is 12.1. The molecule has 0 aromatic heterocycles. The van der Waals surface area contributed by atoms with E-state index in [1.54, 1.807) is 36.4 Å². The summed E-state index contributed by atoms with van der Waals surface area (Å²) in [5, 5.41) is 0.594. The van der Waals surface area contributed by atoms with Gasteiger partial charge in [-0.1, -0.05) is 17.7 Å². The SMILES string of the molecule is NC(=O)c1ccc(CS(=O)c2ccc(Cl)cc2)c(N)c1. The summed E-state index contributed by atoms with van der Waals surface area (Å²) in [7, 11) is -1.23. The second-order valence-corrected chi connectivity index (χ2v) is 6.11. The maximum absolute atomic E-state index is 12.2. The molecule has 0 bridgehead atoms. The minimum absolute atomic E-state index is 0.270. The van der Waals surface area contributed by atoms with Crippen LogP contribution < -0.4 is 11.5 Å². The molecule has 0 radical (unpaired) electrons. The Morgan fingerprint density at radius 3 is 2.35 bits per heavy atom. The average molecular weight is 309 g/mol. The molecule has 0 spiro atoms. The number of benzene rings is 2. The highest BCUT2D eigenvalue weighted by molar-refractivity contribution is 7.84. The molecule has 6 heteroatoms. The van der Waals surface area contributed by atoms with Crippen LogP contribution in [0.1, 0.15) is 15.9 Å². The molecule has 2 aromatic carbocycles. The Balaban J connectivity index is 2.19. The lowest BCUT2D eigenvalue weighted by Crippen LogP contribution is -2.12. The van der Waals surface area contributed by atoms with Crippen LogP contribution in [-0.2, 0) is 16.6 Å². The molecule has 0 aliphatic rings. The third-order valence-electron chi connectivity index (χ3n) is 2.79. The van der Waals surface area contributed by atoms with Crippen LogP contribution in [0.15, 0.2) is 47.4 Å². The first-order chi connectivity index (χ1) is 9.47. The molecule has 0 fully saturated rings. The number of anilines is 1. The van der Waals surface area contributed by atoms with Crippen molar-refractivity contribution in [3.8, 4) is 0 Å². The van der Waals surface area contributed by atoms with E-state index < -0.39 is 16.7 Å². The van der Waals surface area contributed by atoms with Crippen LogP contribution in [0.4, 0.5) is 5.69 Å². The van der Waals surface area contributed by atoms with Gasteiger partial charge in [-0.15, -0.1) is 0 Å². The van der Waals surface area contributed by atoms with Gasteiger partial charge in [-0.05, 0) is 42.0 Å². The number of nitrogen functional groups attached to an aromatic ring is 1. The van der Waals surface area contributed by atoms with Crippen molar-refractivity contribution in [2.75, 3.05) is 5.73 Å². The molecular weight excluding hydrogens is 296 g/mol. The molecule has 0 aliphatic heterocycles. The molecule has 1 atom stereocenters. The molecule has 1 amide bonds. The van der Waals surface area contributed by atoms with Crippen molar-refractivity contribution in [2.24, 2.45) is 5.73 Å². The first-order valence-electron chi connectivity index (χ1n) is 5.79. The Labute approximate surface area is 124 Å². The molecule has 4 N–H and O–H groups in total. The molecule has 20 heavy (non-hydrogen) atoms. The fraction of sp³-hybridized carbons (Fsp3) is 0.0714. The fourth-order valence-corrected chi connectivity index (χ4v) is 2.97. The number of hydrogen-bond acceptors (Lipinski definition) is 3. The number of carbonyl (C=O) groups is 1. The summed E-state index contributed by atoms with van der Waals surface area (Å²) in [6.07, 6.45) is 0. The zero-order valence-corrected chi connectivity index (χ0v) is 12.1. The van der Waals surface area contributed by atoms with Crippen molar-refractivity contribution < 1.29 is 9.00 Å². The minimum atomic E-state index is -1.23. The van der Waals surface area contributed by atoms with Crippen LogP contribution in [0.3, 0.4) is 0 Å². The van der Waals surface area contributed by atoms with Crippen LogP contribution in [0.25, 0.3) is 0 Å². The van der Waals surface area contributed by atoms with Gasteiger partial charge in [0.05, 0.1) is 16.6 Å². The molecule has 2 aromatic rings. The van der Waals surface area contributed by atoms with Crippen molar-refractivity contribution in [3.63, 3.8) is 0 Å². The van der Waals surface area contributed by atoms with E-state index in [2.05, 4.69) is 0 Å².